The van der Waals surface area contributed by atoms with Gasteiger partial charge < -0.3 is 5.32 Å². The molecule has 0 aromatic carbocycles. The van der Waals surface area contributed by atoms with Gasteiger partial charge in [-0.05, 0) is 6.54 Å². The van der Waals surface area contributed by atoms with E-state index < -0.39 is 6.17 Å². The van der Waals surface area contributed by atoms with Crippen molar-refractivity contribution in [3.8, 4) is 0 Å². The molecule has 0 aliphatic carbocycles. The molecule has 0 bridgehead atoms. The molecule has 1 atom stereocenters. The number of amides is 1. The Morgan fingerprint density at radius 1 is 1.70 bits per heavy atom. The molecule has 10 heavy (non-hydrogen) atoms. The highest BCUT2D eigenvalue weighted by atomic mass is 16.2. The first-order valence-corrected chi connectivity index (χ1v) is 3.16. The normalized spacial score (nSPS) is 12.2. The van der Waals surface area contributed by atoms with E-state index >= 15 is 0 Å². The minimum Gasteiger partial charge on any atom is -0.335 e. The maximum Gasteiger partial charge on any atom is 0.218 e. The maximum atomic E-state index is 10.4. The average Bonchev–Trinajstić information content (AvgIpc) is 1.86. The number of hydrogen-bond donors (Lipinski definition) is 2. The molecule has 0 fully saturated rings. The van der Waals surface area contributed by atoms with Gasteiger partial charge in [0.2, 0.25) is 5.91 Å². The van der Waals surface area contributed by atoms with E-state index in [9.17, 15) is 9.59 Å². The van der Waals surface area contributed by atoms with Crippen molar-refractivity contribution in [3.05, 3.63) is 0 Å². The van der Waals surface area contributed by atoms with Gasteiger partial charge in [-0.15, -0.1) is 0 Å². The summed E-state index contributed by atoms with van der Waals surface area (Å²) < 4.78 is 0. The molecule has 0 aliphatic rings. The summed E-state index contributed by atoms with van der Waals surface area (Å²) in [4.78, 5) is 20.5. The van der Waals surface area contributed by atoms with Crippen LogP contribution in [0.25, 0.3) is 0 Å². The first-order chi connectivity index (χ1) is 4.70. The van der Waals surface area contributed by atoms with E-state index in [1.807, 2.05) is 6.92 Å². The molecule has 1 amide bonds. The largest absolute Gasteiger partial charge is 0.335 e. The Kier molecular flexibility index (Phi) is 4.49. The van der Waals surface area contributed by atoms with Crippen LogP contribution in [0, 0.1) is 0 Å². The fourth-order valence-corrected chi connectivity index (χ4v) is 0.572. The van der Waals surface area contributed by atoms with Gasteiger partial charge in [0.25, 0.3) is 0 Å². The molecule has 0 radical (unpaired) electrons. The summed E-state index contributed by atoms with van der Waals surface area (Å²) in [7, 11) is 0. The lowest BCUT2D eigenvalue weighted by Gasteiger charge is -2.10. The summed E-state index contributed by atoms with van der Waals surface area (Å²) in [5.74, 6) is -0.210. The predicted octanol–water partition coefficient (Wildman–Crippen LogP) is -0.743. The number of likely N-dealkylation sites (N-methyl/N-ethyl adjacent to an activating group) is 1. The zero-order valence-electron chi connectivity index (χ0n) is 6.18. The highest BCUT2D eigenvalue weighted by Gasteiger charge is 2.03. The number of hydrogen-bond acceptors (Lipinski definition) is 3. The van der Waals surface area contributed by atoms with Gasteiger partial charge in [0, 0.05) is 6.92 Å². The summed E-state index contributed by atoms with van der Waals surface area (Å²) in [6.45, 7) is 3.88. The van der Waals surface area contributed by atoms with Crippen molar-refractivity contribution < 1.29 is 9.59 Å². The van der Waals surface area contributed by atoms with Crippen molar-refractivity contribution in [2.45, 2.75) is 20.0 Å². The fraction of sp³-hybridized carbons (Fsp3) is 0.667. The topological polar surface area (TPSA) is 58.2 Å². The van der Waals surface area contributed by atoms with Gasteiger partial charge in [-0.2, -0.15) is 0 Å². The quantitative estimate of drug-likeness (QED) is 0.403. The third kappa shape index (κ3) is 4.03. The van der Waals surface area contributed by atoms with E-state index in [0.717, 1.165) is 0 Å². The lowest BCUT2D eigenvalue weighted by atomic mass is 10.5. The van der Waals surface area contributed by atoms with E-state index in [1.54, 1.807) is 0 Å². The zero-order valence-corrected chi connectivity index (χ0v) is 6.18. The molecule has 4 heteroatoms. The number of aldehydes is 1. The first-order valence-electron chi connectivity index (χ1n) is 3.16. The van der Waals surface area contributed by atoms with Gasteiger partial charge >= 0.3 is 0 Å². The molecule has 0 aliphatic heterocycles. The lowest BCUT2D eigenvalue weighted by Crippen LogP contribution is -2.45. The van der Waals surface area contributed by atoms with Crippen molar-refractivity contribution in [2.24, 2.45) is 0 Å². The number of nitrogens with one attached hydrogen (secondary N) is 2. The molecule has 0 spiro atoms. The van der Waals surface area contributed by atoms with Gasteiger partial charge in [0.15, 0.2) is 6.29 Å². The summed E-state index contributed by atoms with van der Waals surface area (Å²) in [5, 5.41) is 5.18. The molecule has 0 aromatic rings. The van der Waals surface area contributed by atoms with Gasteiger partial charge in [-0.1, -0.05) is 6.92 Å². The highest BCUT2D eigenvalue weighted by molar-refractivity contribution is 5.76. The van der Waals surface area contributed by atoms with Crippen LogP contribution in [0.3, 0.4) is 0 Å². The Labute approximate surface area is 60.0 Å². The lowest BCUT2D eigenvalue weighted by molar-refractivity contribution is -0.122. The Balaban J connectivity index is 3.59. The Morgan fingerprint density at radius 3 is 2.60 bits per heavy atom. The van der Waals surface area contributed by atoms with Crippen LogP contribution in [0.5, 0.6) is 0 Å². The summed E-state index contributed by atoms with van der Waals surface area (Å²) in [6, 6.07) is 0. The van der Waals surface area contributed by atoms with Crippen LogP contribution in [-0.2, 0) is 9.59 Å². The van der Waals surface area contributed by atoms with Crippen molar-refractivity contribution in [2.75, 3.05) is 6.54 Å². The monoisotopic (exact) mass is 144 g/mol. The van der Waals surface area contributed by atoms with Crippen LogP contribution in [0.15, 0.2) is 0 Å². The standard InChI is InChI=1S/C6H12N2O2/c1-3-7-6(4-9)8-5(2)10/h4,6-7H,3H2,1-2H3,(H,8,10). The first kappa shape index (κ1) is 9.10. The molecule has 4 nitrogen and oxygen atoms in total. The minimum atomic E-state index is -0.539. The van der Waals surface area contributed by atoms with Crippen molar-refractivity contribution >= 4 is 12.2 Å². The maximum absolute atomic E-state index is 10.4. The average molecular weight is 144 g/mol. The molecule has 0 heterocycles. The second-order valence-corrected chi connectivity index (χ2v) is 1.87. The van der Waals surface area contributed by atoms with Gasteiger partial charge in [0.05, 0.1) is 0 Å². The van der Waals surface area contributed by atoms with Gasteiger partial charge in [-0.25, -0.2) is 0 Å². The number of rotatable bonds is 4. The summed E-state index contributed by atoms with van der Waals surface area (Å²) in [6.07, 6.45) is 0.118. The van der Waals surface area contributed by atoms with Gasteiger partial charge in [-0.3, -0.25) is 14.9 Å². The van der Waals surface area contributed by atoms with Crippen LogP contribution >= 0.6 is 0 Å². The van der Waals surface area contributed by atoms with Crippen LogP contribution in [0.4, 0.5) is 0 Å². The number of carbonyl (C=O) groups is 2. The van der Waals surface area contributed by atoms with Crippen LogP contribution in [-0.4, -0.2) is 24.9 Å². The Morgan fingerprint density at radius 2 is 2.30 bits per heavy atom. The van der Waals surface area contributed by atoms with E-state index in [4.69, 9.17) is 0 Å². The van der Waals surface area contributed by atoms with Gasteiger partial charge in [0.1, 0.15) is 6.17 Å². The molecule has 0 saturated carbocycles. The number of carbonyl (C=O) groups excluding carboxylic acids is 2. The zero-order chi connectivity index (χ0) is 7.98. The van der Waals surface area contributed by atoms with Crippen LogP contribution < -0.4 is 10.6 Å². The molecule has 0 aromatic heterocycles. The van der Waals surface area contributed by atoms with E-state index in [0.29, 0.717) is 12.8 Å². The Bertz CT molecular complexity index is 125. The van der Waals surface area contributed by atoms with E-state index in [-0.39, 0.29) is 5.91 Å². The second kappa shape index (κ2) is 4.93. The third-order valence-electron chi connectivity index (χ3n) is 0.919. The van der Waals surface area contributed by atoms with Crippen LogP contribution in [0.2, 0.25) is 0 Å². The summed E-state index contributed by atoms with van der Waals surface area (Å²) >= 11 is 0. The molecular formula is C6H12N2O2. The fourth-order valence-electron chi connectivity index (χ4n) is 0.572. The van der Waals surface area contributed by atoms with E-state index in [1.165, 1.54) is 6.92 Å². The second-order valence-electron chi connectivity index (χ2n) is 1.87. The van der Waals surface area contributed by atoms with Crippen molar-refractivity contribution in [1.82, 2.24) is 10.6 Å². The van der Waals surface area contributed by atoms with Crippen LogP contribution in [0.1, 0.15) is 13.8 Å². The predicted molar refractivity (Wildman–Crippen MR) is 37.3 cm³/mol. The molecule has 2 N–H and O–H groups in total. The third-order valence-corrected chi connectivity index (χ3v) is 0.919. The van der Waals surface area contributed by atoms with Crippen molar-refractivity contribution in [1.29, 1.82) is 0 Å². The SMILES string of the molecule is CCNC(C=O)NC(C)=O. The van der Waals surface area contributed by atoms with E-state index in [2.05, 4.69) is 10.6 Å². The Hall–Kier alpha value is -0.900. The molecule has 0 saturated heterocycles. The highest BCUT2D eigenvalue weighted by Crippen LogP contribution is 1.70. The van der Waals surface area contributed by atoms with Crippen molar-refractivity contribution in [3.63, 3.8) is 0 Å². The molecule has 58 valence electrons. The summed E-state index contributed by atoms with van der Waals surface area (Å²) in [5.41, 5.74) is 0. The smallest absolute Gasteiger partial charge is 0.218 e. The minimum absolute atomic E-state index is 0.210. The molecule has 0 rings (SSSR count). The molecular weight excluding hydrogens is 132 g/mol. The molecule has 1 unspecified atom stereocenters.